The number of thioether (sulfide) groups is 1. The number of hydrogen-bond acceptors (Lipinski definition) is 5. The van der Waals surface area contributed by atoms with Crippen LogP contribution in [0.25, 0.3) is 17.1 Å². The van der Waals surface area contributed by atoms with Gasteiger partial charge in [0.1, 0.15) is 5.75 Å². The highest BCUT2D eigenvalue weighted by molar-refractivity contribution is 7.99. The SMILES string of the molecule is CCc1ccccc1NC(=O)CSc1nnc(-c2ccccc2OC)n1-c1ccc(Cl)cc1. The van der Waals surface area contributed by atoms with Gasteiger partial charge in [0.2, 0.25) is 5.91 Å². The molecule has 0 fully saturated rings. The van der Waals surface area contributed by atoms with Crippen molar-refractivity contribution in [2.75, 3.05) is 18.2 Å². The number of rotatable bonds is 8. The predicted octanol–water partition coefficient (Wildman–Crippen LogP) is 5.89. The Balaban J connectivity index is 1.63. The van der Waals surface area contributed by atoms with Gasteiger partial charge in [0, 0.05) is 16.4 Å². The Kier molecular flexibility index (Phi) is 7.32. The zero-order valence-electron chi connectivity index (χ0n) is 18.3. The van der Waals surface area contributed by atoms with Crippen LogP contribution in [-0.2, 0) is 11.2 Å². The van der Waals surface area contributed by atoms with E-state index < -0.39 is 0 Å². The smallest absolute Gasteiger partial charge is 0.234 e. The second-order valence-electron chi connectivity index (χ2n) is 7.17. The third-order valence-corrected chi connectivity index (χ3v) is 6.25. The molecule has 1 heterocycles. The largest absolute Gasteiger partial charge is 0.496 e. The summed E-state index contributed by atoms with van der Waals surface area (Å²) in [5, 5.41) is 13.0. The normalized spacial score (nSPS) is 10.8. The molecule has 0 aliphatic heterocycles. The molecule has 0 saturated heterocycles. The molecular formula is C25H23ClN4O2S. The average molecular weight is 479 g/mol. The minimum absolute atomic E-state index is 0.106. The average Bonchev–Trinajstić information content (AvgIpc) is 3.27. The van der Waals surface area contributed by atoms with Crippen molar-refractivity contribution in [3.05, 3.63) is 83.4 Å². The van der Waals surface area contributed by atoms with Crippen molar-refractivity contribution in [1.82, 2.24) is 14.8 Å². The highest BCUT2D eigenvalue weighted by Gasteiger charge is 2.20. The standard InChI is InChI=1S/C25H23ClN4O2S/c1-3-17-8-4-6-10-21(17)27-23(31)16-33-25-29-28-24(20-9-5-7-11-22(20)32-2)30(25)19-14-12-18(26)13-15-19/h4-15H,3,16H2,1-2H3,(H,27,31). The number of methoxy groups -OCH3 is 1. The molecule has 0 atom stereocenters. The van der Waals surface area contributed by atoms with Gasteiger partial charge in [0.15, 0.2) is 11.0 Å². The van der Waals surface area contributed by atoms with E-state index in [0.29, 0.717) is 21.8 Å². The fraction of sp³-hybridized carbons (Fsp3) is 0.160. The summed E-state index contributed by atoms with van der Waals surface area (Å²) in [5.74, 6) is 1.39. The number of amides is 1. The van der Waals surface area contributed by atoms with Crippen molar-refractivity contribution in [3.63, 3.8) is 0 Å². The lowest BCUT2D eigenvalue weighted by atomic mass is 10.1. The van der Waals surface area contributed by atoms with Crippen molar-refractivity contribution in [2.24, 2.45) is 0 Å². The van der Waals surface area contributed by atoms with Crippen molar-refractivity contribution >= 4 is 35.0 Å². The maximum atomic E-state index is 12.7. The van der Waals surface area contributed by atoms with Gasteiger partial charge in [0.25, 0.3) is 0 Å². The number of carbonyl (C=O) groups is 1. The second kappa shape index (κ2) is 10.6. The summed E-state index contributed by atoms with van der Waals surface area (Å²) in [5.41, 5.74) is 3.57. The van der Waals surface area contributed by atoms with E-state index in [-0.39, 0.29) is 11.7 Å². The molecule has 33 heavy (non-hydrogen) atoms. The van der Waals surface area contributed by atoms with E-state index in [0.717, 1.165) is 28.9 Å². The Labute approximate surface area is 202 Å². The summed E-state index contributed by atoms with van der Waals surface area (Å²) in [6.45, 7) is 2.06. The van der Waals surface area contributed by atoms with Gasteiger partial charge in [0.05, 0.1) is 18.4 Å². The summed E-state index contributed by atoms with van der Waals surface area (Å²) in [6.07, 6.45) is 0.844. The van der Waals surface area contributed by atoms with Gasteiger partial charge in [-0.15, -0.1) is 10.2 Å². The molecule has 4 rings (SSSR count). The molecule has 0 bridgehead atoms. The summed E-state index contributed by atoms with van der Waals surface area (Å²) >= 11 is 7.42. The first-order chi connectivity index (χ1) is 16.1. The minimum Gasteiger partial charge on any atom is -0.496 e. The number of aromatic nitrogens is 3. The number of para-hydroxylation sites is 2. The monoisotopic (exact) mass is 478 g/mol. The minimum atomic E-state index is -0.106. The predicted molar refractivity (Wildman–Crippen MR) is 134 cm³/mol. The van der Waals surface area contributed by atoms with Gasteiger partial charge in [-0.3, -0.25) is 9.36 Å². The number of ether oxygens (including phenoxy) is 1. The number of hydrogen-bond donors (Lipinski definition) is 1. The zero-order valence-corrected chi connectivity index (χ0v) is 19.9. The molecule has 6 nitrogen and oxygen atoms in total. The van der Waals surface area contributed by atoms with E-state index in [1.54, 1.807) is 7.11 Å². The van der Waals surface area contributed by atoms with Crippen molar-refractivity contribution in [1.29, 1.82) is 0 Å². The Morgan fingerprint density at radius 1 is 1.03 bits per heavy atom. The summed E-state index contributed by atoms with van der Waals surface area (Å²) in [4.78, 5) is 12.7. The van der Waals surface area contributed by atoms with Crippen LogP contribution in [0.4, 0.5) is 5.69 Å². The van der Waals surface area contributed by atoms with Crippen LogP contribution in [0.5, 0.6) is 5.75 Å². The quantitative estimate of drug-likeness (QED) is 0.320. The number of benzene rings is 3. The topological polar surface area (TPSA) is 69.0 Å². The highest BCUT2D eigenvalue weighted by atomic mass is 35.5. The molecule has 1 amide bonds. The molecule has 168 valence electrons. The van der Waals surface area contributed by atoms with E-state index in [1.807, 2.05) is 77.4 Å². The molecule has 0 radical (unpaired) electrons. The summed E-state index contributed by atoms with van der Waals surface area (Å²) in [6, 6.07) is 22.9. The molecule has 8 heteroatoms. The van der Waals surface area contributed by atoms with E-state index in [2.05, 4.69) is 22.4 Å². The van der Waals surface area contributed by atoms with Gasteiger partial charge in [-0.1, -0.05) is 60.6 Å². The number of nitrogens with zero attached hydrogens (tertiary/aromatic N) is 3. The molecule has 0 aliphatic carbocycles. The fourth-order valence-electron chi connectivity index (χ4n) is 3.46. The third kappa shape index (κ3) is 5.21. The molecule has 4 aromatic rings. The first kappa shape index (κ1) is 22.9. The Morgan fingerprint density at radius 3 is 2.52 bits per heavy atom. The van der Waals surface area contributed by atoms with E-state index >= 15 is 0 Å². The summed E-state index contributed by atoms with van der Waals surface area (Å²) in [7, 11) is 1.62. The Morgan fingerprint density at radius 2 is 1.76 bits per heavy atom. The lowest BCUT2D eigenvalue weighted by Crippen LogP contribution is -2.15. The van der Waals surface area contributed by atoms with Crippen LogP contribution in [0, 0.1) is 0 Å². The van der Waals surface area contributed by atoms with Crippen LogP contribution in [0.3, 0.4) is 0 Å². The molecule has 0 spiro atoms. The molecule has 3 aromatic carbocycles. The van der Waals surface area contributed by atoms with Crippen molar-refractivity contribution < 1.29 is 9.53 Å². The second-order valence-corrected chi connectivity index (χ2v) is 8.54. The fourth-order valence-corrected chi connectivity index (χ4v) is 4.33. The molecule has 0 saturated carbocycles. The van der Waals surface area contributed by atoms with Gasteiger partial charge < -0.3 is 10.1 Å². The number of carbonyl (C=O) groups excluding carboxylic acids is 1. The van der Waals surface area contributed by atoms with Crippen LogP contribution >= 0.6 is 23.4 Å². The van der Waals surface area contributed by atoms with E-state index in [4.69, 9.17) is 16.3 Å². The van der Waals surface area contributed by atoms with Crippen molar-refractivity contribution in [3.8, 4) is 22.8 Å². The van der Waals surface area contributed by atoms with Gasteiger partial charge >= 0.3 is 0 Å². The molecule has 1 N–H and O–H groups in total. The lowest BCUT2D eigenvalue weighted by Gasteiger charge is -2.13. The number of halogens is 1. The molecular weight excluding hydrogens is 456 g/mol. The van der Waals surface area contributed by atoms with Crippen LogP contribution in [0.2, 0.25) is 5.02 Å². The maximum absolute atomic E-state index is 12.7. The highest BCUT2D eigenvalue weighted by Crippen LogP contribution is 2.33. The zero-order chi connectivity index (χ0) is 23.2. The van der Waals surface area contributed by atoms with Gasteiger partial charge in [-0.2, -0.15) is 0 Å². The Bertz CT molecular complexity index is 1260. The first-order valence-corrected chi connectivity index (χ1v) is 11.8. The van der Waals surface area contributed by atoms with Gasteiger partial charge in [-0.25, -0.2) is 0 Å². The molecule has 1 aromatic heterocycles. The number of anilines is 1. The van der Waals surface area contributed by atoms with Crippen LogP contribution < -0.4 is 10.1 Å². The Hall–Kier alpha value is -3.29. The van der Waals surface area contributed by atoms with E-state index in [1.165, 1.54) is 11.8 Å². The van der Waals surface area contributed by atoms with Crippen LogP contribution in [-0.4, -0.2) is 33.5 Å². The van der Waals surface area contributed by atoms with Gasteiger partial charge in [-0.05, 0) is 54.4 Å². The van der Waals surface area contributed by atoms with Crippen molar-refractivity contribution in [2.45, 2.75) is 18.5 Å². The first-order valence-electron chi connectivity index (χ1n) is 10.5. The maximum Gasteiger partial charge on any atom is 0.234 e. The van der Waals surface area contributed by atoms with E-state index in [9.17, 15) is 4.79 Å². The third-order valence-electron chi connectivity index (χ3n) is 5.07. The summed E-state index contributed by atoms with van der Waals surface area (Å²) < 4.78 is 7.44. The molecule has 0 unspecified atom stereocenters. The number of nitrogens with one attached hydrogen (secondary N) is 1. The van der Waals surface area contributed by atoms with Crippen LogP contribution in [0.1, 0.15) is 12.5 Å². The number of aryl methyl sites for hydroxylation is 1. The van der Waals surface area contributed by atoms with Crippen LogP contribution in [0.15, 0.2) is 78.0 Å². The lowest BCUT2D eigenvalue weighted by molar-refractivity contribution is -0.113. The molecule has 0 aliphatic rings.